The lowest BCUT2D eigenvalue weighted by molar-refractivity contribution is -0.174. The van der Waals surface area contributed by atoms with Crippen molar-refractivity contribution in [2.75, 3.05) is 20.3 Å². The summed E-state index contributed by atoms with van der Waals surface area (Å²) in [6, 6.07) is 6.50. The van der Waals surface area contributed by atoms with Gasteiger partial charge in [0, 0.05) is 23.8 Å². The second-order valence-electron chi connectivity index (χ2n) is 7.99. The average molecular weight is 338 g/mol. The molecule has 3 heteroatoms. The maximum absolute atomic E-state index is 6.00. The topological polar surface area (TPSA) is 27.7 Å². The van der Waals surface area contributed by atoms with Crippen LogP contribution in [0.1, 0.15) is 50.2 Å². The molecule has 3 aliphatic carbocycles. The van der Waals surface area contributed by atoms with Gasteiger partial charge in [0.1, 0.15) is 5.75 Å². The standard InChI is InChI=1S/C22H26O3/c1-21-10-11-22(24-12-13-25-22)14-15(21)6-7-17-16-4-3-5-20(23-2)18(16)8-9-19(17)21/h3-6H,7-14H2,1-2H3. The van der Waals surface area contributed by atoms with E-state index in [1.807, 2.05) is 0 Å². The predicted molar refractivity (Wildman–Crippen MR) is 97.5 cm³/mol. The molecule has 1 atom stereocenters. The first kappa shape index (κ1) is 15.7. The van der Waals surface area contributed by atoms with Crippen molar-refractivity contribution >= 4 is 5.57 Å². The fraction of sp³-hybridized carbons (Fsp3) is 0.545. The van der Waals surface area contributed by atoms with E-state index in [1.54, 1.807) is 12.7 Å². The third-order valence-electron chi connectivity index (χ3n) is 6.87. The summed E-state index contributed by atoms with van der Waals surface area (Å²) in [5, 5.41) is 0. The molecule has 1 heterocycles. The second kappa shape index (κ2) is 5.46. The van der Waals surface area contributed by atoms with Crippen LogP contribution in [-0.4, -0.2) is 26.1 Å². The van der Waals surface area contributed by atoms with Gasteiger partial charge in [0.2, 0.25) is 0 Å². The number of fused-ring (bicyclic) bond motifs is 4. The van der Waals surface area contributed by atoms with Gasteiger partial charge in [-0.2, -0.15) is 0 Å². The SMILES string of the molecule is COc1cccc2c1CCC1=C2CC=C2CC3(CCC21C)OCCO3. The highest BCUT2D eigenvalue weighted by Crippen LogP contribution is 2.58. The van der Waals surface area contributed by atoms with Crippen molar-refractivity contribution in [2.45, 2.75) is 51.2 Å². The van der Waals surface area contributed by atoms with E-state index in [4.69, 9.17) is 14.2 Å². The lowest BCUT2D eigenvalue weighted by Gasteiger charge is -2.49. The molecule has 1 saturated heterocycles. The Kier molecular flexibility index (Phi) is 3.42. The van der Waals surface area contributed by atoms with Gasteiger partial charge in [0.05, 0.1) is 20.3 Å². The Labute approximate surface area is 149 Å². The van der Waals surface area contributed by atoms with Crippen LogP contribution in [-0.2, 0) is 15.9 Å². The van der Waals surface area contributed by atoms with Crippen LogP contribution in [0.2, 0.25) is 0 Å². The summed E-state index contributed by atoms with van der Waals surface area (Å²) in [5.74, 6) is 0.707. The Balaban J connectivity index is 1.55. The number of benzene rings is 1. The maximum Gasteiger partial charge on any atom is 0.172 e. The zero-order valence-electron chi connectivity index (χ0n) is 15.2. The van der Waals surface area contributed by atoms with Crippen LogP contribution < -0.4 is 4.74 Å². The highest BCUT2D eigenvalue weighted by Gasteiger charge is 2.50. The summed E-state index contributed by atoms with van der Waals surface area (Å²) >= 11 is 0. The molecular formula is C22H26O3. The van der Waals surface area contributed by atoms with Gasteiger partial charge >= 0.3 is 0 Å². The molecule has 1 spiro atoms. The Morgan fingerprint density at radius 3 is 2.72 bits per heavy atom. The van der Waals surface area contributed by atoms with E-state index < -0.39 is 0 Å². The van der Waals surface area contributed by atoms with E-state index in [0.717, 1.165) is 57.5 Å². The van der Waals surface area contributed by atoms with Crippen LogP contribution >= 0.6 is 0 Å². The Morgan fingerprint density at radius 1 is 1.08 bits per heavy atom. The lowest BCUT2D eigenvalue weighted by atomic mass is 9.59. The van der Waals surface area contributed by atoms with Gasteiger partial charge in [0.15, 0.2) is 5.79 Å². The monoisotopic (exact) mass is 338 g/mol. The Morgan fingerprint density at radius 2 is 1.92 bits per heavy atom. The molecule has 0 N–H and O–H groups in total. The number of hydrogen-bond acceptors (Lipinski definition) is 3. The number of hydrogen-bond donors (Lipinski definition) is 0. The van der Waals surface area contributed by atoms with Gasteiger partial charge in [-0.25, -0.2) is 0 Å². The summed E-state index contributed by atoms with van der Waals surface area (Å²) in [5.41, 5.74) is 7.69. The highest BCUT2D eigenvalue weighted by molar-refractivity contribution is 5.79. The normalized spacial score (nSPS) is 29.8. The van der Waals surface area contributed by atoms with Crippen molar-refractivity contribution in [2.24, 2.45) is 5.41 Å². The zero-order valence-corrected chi connectivity index (χ0v) is 15.2. The van der Waals surface area contributed by atoms with Gasteiger partial charge in [0.25, 0.3) is 0 Å². The summed E-state index contributed by atoms with van der Waals surface area (Å²) < 4.78 is 17.6. The Hall–Kier alpha value is -1.58. The fourth-order valence-electron chi connectivity index (χ4n) is 5.49. The van der Waals surface area contributed by atoms with Crippen LogP contribution in [0, 0.1) is 5.41 Å². The molecule has 5 rings (SSSR count). The van der Waals surface area contributed by atoms with Crippen LogP contribution in [0.25, 0.3) is 5.57 Å². The van der Waals surface area contributed by atoms with Crippen molar-refractivity contribution in [3.8, 4) is 5.75 Å². The van der Waals surface area contributed by atoms with E-state index in [1.165, 1.54) is 22.3 Å². The minimum Gasteiger partial charge on any atom is -0.496 e. The summed E-state index contributed by atoms with van der Waals surface area (Å²) in [7, 11) is 1.78. The second-order valence-corrected chi connectivity index (χ2v) is 7.99. The molecule has 0 radical (unpaired) electrons. The van der Waals surface area contributed by atoms with E-state index in [2.05, 4.69) is 31.2 Å². The largest absolute Gasteiger partial charge is 0.496 e. The van der Waals surface area contributed by atoms with Gasteiger partial charge in [-0.3, -0.25) is 0 Å². The van der Waals surface area contributed by atoms with Crippen LogP contribution in [0.3, 0.4) is 0 Å². The first-order valence-electron chi connectivity index (χ1n) is 9.51. The van der Waals surface area contributed by atoms with E-state index in [9.17, 15) is 0 Å². The molecule has 132 valence electrons. The quantitative estimate of drug-likeness (QED) is 0.697. The van der Waals surface area contributed by atoms with Crippen LogP contribution in [0.5, 0.6) is 5.75 Å². The molecule has 3 nitrogen and oxygen atoms in total. The molecule has 1 aromatic carbocycles. The number of rotatable bonds is 1. The molecule has 0 bridgehead atoms. The summed E-state index contributed by atoms with van der Waals surface area (Å²) in [4.78, 5) is 0. The van der Waals surface area contributed by atoms with Crippen molar-refractivity contribution < 1.29 is 14.2 Å². The van der Waals surface area contributed by atoms with E-state index in [0.29, 0.717) is 0 Å². The molecule has 2 fully saturated rings. The molecule has 1 aromatic rings. The first-order valence-corrected chi connectivity index (χ1v) is 9.51. The predicted octanol–water partition coefficient (Wildman–Crippen LogP) is 4.66. The third-order valence-corrected chi connectivity index (χ3v) is 6.87. The van der Waals surface area contributed by atoms with Crippen LogP contribution in [0.15, 0.2) is 35.4 Å². The van der Waals surface area contributed by atoms with Crippen molar-refractivity contribution in [3.05, 3.63) is 46.5 Å². The van der Waals surface area contributed by atoms with Gasteiger partial charge < -0.3 is 14.2 Å². The summed E-state index contributed by atoms with van der Waals surface area (Å²) in [6.07, 6.45) is 8.77. The molecule has 4 aliphatic rings. The molecule has 0 amide bonds. The molecular weight excluding hydrogens is 312 g/mol. The van der Waals surface area contributed by atoms with Gasteiger partial charge in [-0.1, -0.05) is 36.3 Å². The highest BCUT2D eigenvalue weighted by atomic mass is 16.7. The third kappa shape index (κ3) is 2.18. The zero-order chi connectivity index (χ0) is 17.1. The maximum atomic E-state index is 6.00. The van der Waals surface area contributed by atoms with Crippen molar-refractivity contribution in [3.63, 3.8) is 0 Å². The van der Waals surface area contributed by atoms with Crippen molar-refractivity contribution in [1.82, 2.24) is 0 Å². The van der Waals surface area contributed by atoms with Gasteiger partial charge in [-0.15, -0.1) is 0 Å². The molecule has 0 aromatic heterocycles. The number of methoxy groups -OCH3 is 1. The Bertz CT molecular complexity index is 782. The minimum atomic E-state index is -0.334. The van der Waals surface area contributed by atoms with E-state index >= 15 is 0 Å². The molecule has 1 unspecified atom stereocenters. The van der Waals surface area contributed by atoms with E-state index in [-0.39, 0.29) is 11.2 Å². The number of ether oxygens (including phenoxy) is 3. The smallest absolute Gasteiger partial charge is 0.172 e. The first-order chi connectivity index (χ1) is 12.2. The average Bonchev–Trinajstić information content (AvgIpc) is 3.10. The molecule has 1 saturated carbocycles. The number of allylic oxidation sites excluding steroid dienone is 3. The molecule has 25 heavy (non-hydrogen) atoms. The molecule has 1 aliphatic heterocycles. The minimum absolute atomic E-state index is 0.176. The fourth-order valence-corrected chi connectivity index (χ4v) is 5.49. The summed E-state index contributed by atoms with van der Waals surface area (Å²) in [6.45, 7) is 3.93. The van der Waals surface area contributed by atoms with Gasteiger partial charge in [-0.05, 0) is 42.9 Å². The van der Waals surface area contributed by atoms with Crippen LogP contribution in [0.4, 0.5) is 0 Å². The lowest BCUT2D eigenvalue weighted by Crippen LogP contribution is -2.42. The van der Waals surface area contributed by atoms with Crippen molar-refractivity contribution in [1.29, 1.82) is 0 Å².